The first kappa shape index (κ1) is 18.6. The predicted molar refractivity (Wildman–Crippen MR) is 103 cm³/mol. The Morgan fingerprint density at radius 2 is 1.81 bits per heavy atom. The lowest BCUT2D eigenvalue weighted by molar-refractivity contribution is -0.129. The molecule has 0 atom stereocenters. The van der Waals surface area contributed by atoms with Gasteiger partial charge in [0.1, 0.15) is 25.6 Å². The van der Waals surface area contributed by atoms with Crippen LogP contribution in [0.4, 0.5) is 0 Å². The fraction of sp³-hybridized carbons (Fsp3) is 0.350. The molecular weight excluding hydrogens is 398 g/mol. The van der Waals surface area contributed by atoms with Gasteiger partial charge in [-0.2, -0.15) is 0 Å². The van der Waals surface area contributed by atoms with Crippen molar-refractivity contribution in [1.29, 1.82) is 0 Å². The van der Waals surface area contributed by atoms with Gasteiger partial charge >= 0.3 is 0 Å². The van der Waals surface area contributed by atoms with Crippen LogP contribution in [0.3, 0.4) is 0 Å². The van der Waals surface area contributed by atoms with Crippen LogP contribution >= 0.6 is 15.9 Å². The van der Waals surface area contributed by atoms with Crippen molar-refractivity contribution < 1.29 is 19.0 Å². The number of rotatable bonds is 6. The van der Waals surface area contributed by atoms with Crippen molar-refractivity contribution in [2.45, 2.75) is 13.3 Å². The fourth-order valence-corrected chi connectivity index (χ4v) is 3.06. The first-order valence-electron chi connectivity index (χ1n) is 8.54. The van der Waals surface area contributed by atoms with E-state index in [1.165, 1.54) is 5.56 Å². The zero-order chi connectivity index (χ0) is 18.5. The van der Waals surface area contributed by atoms with E-state index in [9.17, 15) is 4.79 Å². The van der Waals surface area contributed by atoms with Crippen molar-refractivity contribution >= 4 is 21.8 Å². The molecule has 2 aromatic carbocycles. The summed E-state index contributed by atoms with van der Waals surface area (Å²) in [6.45, 7) is 4.08. The van der Waals surface area contributed by atoms with Gasteiger partial charge < -0.3 is 19.1 Å². The summed E-state index contributed by atoms with van der Waals surface area (Å²) in [7, 11) is 1.78. The van der Waals surface area contributed by atoms with Crippen molar-refractivity contribution in [3.8, 4) is 17.2 Å². The lowest BCUT2D eigenvalue weighted by Gasteiger charge is -2.21. The third-order valence-corrected chi connectivity index (χ3v) is 4.93. The normalized spacial score (nSPS) is 12.6. The third-order valence-electron chi connectivity index (χ3n) is 4.20. The van der Waals surface area contributed by atoms with E-state index in [-0.39, 0.29) is 12.3 Å². The van der Waals surface area contributed by atoms with Gasteiger partial charge in [0, 0.05) is 11.5 Å². The fourth-order valence-electron chi connectivity index (χ4n) is 2.60. The molecule has 0 saturated carbocycles. The minimum Gasteiger partial charge on any atom is -0.492 e. The second-order valence-electron chi connectivity index (χ2n) is 6.24. The molecule has 0 saturated heterocycles. The maximum Gasteiger partial charge on any atom is 0.226 e. The maximum absolute atomic E-state index is 12.5. The van der Waals surface area contributed by atoms with Crippen molar-refractivity contribution in [1.82, 2.24) is 4.90 Å². The average molecular weight is 420 g/mol. The van der Waals surface area contributed by atoms with E-state index in [1.807, 2.05) is 43.3 Å². The SMILES string of the molecule is Cc1ccc(OCCN(C)C(=O)Cc2cc3c(cc2Br)OCCO3)cc1. The summed E-state index contributed by atoms with van der Waals surface area (Å²) in [6.07, 6.45) is 0.290. The molecule has 0 bridgehead atoms. The van der Waals surface area contributed by atoms with Crippen molar-refractivity contribution in [3.05, 3.63) is 52.0 Å². The van der Waals surface area contributed by atoms with Gasteiger partial charge in [-0.25, -0.2) is 0 Å². The highest BCUT2D eigenvalue weighted by Crippen LogP contribution is 2.35. The summed E-state index contributed by atoms with van der Waals surface area (Å²) >= 11 is 3.51. The first-order valence-corrected chi connectivity index (χ1v) is 9.33. The van der Waals surface area contributed by atoms with Gasteiger partial charge in [0.05, 0.1) is 13.0 Å². The van der Waals surface area contributed by atoms with E-state index < -0.39 is 0 Å². The van der Waals surface area contributed by atoms with E-state index in [2.05, 4.69) is 15.9 Å². The Balaban J connectivity index is 1.53. The van der Waals surface area contributed by atoms with Crippen LogP contribution in [0, 0.1) is 6.92 Å². The van der Waals surface area contributed by atoms with Crippen LogP contribution in [0.2, 0.25) is 0 Å². The van der Waals surface area contributed by atoms with Crippen molar-refractivity contribution in [3.63, 3.8) is 0 Å². The van der Waals surface area contributed by atoms with Crippen LogP contribution in [-0.2, 0) is 11.2 Å². The summed E-state index contributed by atoms with van der Waals surface area (Å²) in [5.41, 5.74) is 2.07. The van der Waals surface area contributed by atoms with Gasteiger partial charge in [-0.15, -0.1) is 0 Å². The number of carbonyl (C=O) groups excluding carboxylic acids is 1. The topological polar surface area (TPSA) is 48.0 Å². The molecular formula is C20H22BrNO4. The molecule has 1 amide bonds. The summed E-state index contributed by atoms with van der Waals surface area (Å²) in [5, 5.41) is 0. The maximum atomic E-state index is 12.5. The van der Waals surface area contributed by atoms with Gasteiger partial charge in [0.2, 0.25) is 5.91 Å². The van der Waals surface area contributed by atoms with Gasteiger partial charge in [0.15, 0.2) is 11.5 Å². The molecule has 6 heteroatoms. The molecule has 0 unspecified atom stereocenters. The summed E-state index contributed by atoms with van der Waals surface area (Å²) in [6, 6.07) is 11.6. The Labute approximate surface area is 162 Å². The van der Waals surface area contributed by atoms with Crippen LogP contribution < -0.4 is 14.2 Å². The third kappa shape index (κ3) is 4.69. The molecule has 1 heterocycles. The quantitative estimate of drug-likeness (QED) is 0.717. The standard InChI is InChI=1S/C20H22BrNO4/c1-14-3-5-16(6-4-14)24-8-7-22(2)20(23)12-15-11-18-19(13-17(15)21)26-10-9-25-18/h3-6,11,13H,7-10,12H2,1-2H3. The van der Waals surface area contributed by atoms with E-state index in [4.69, 9.17) is 14.2 Å². The number of nitrogens with zero attached hydrogens (tertiary/aromatic N) is 1. The second kappa shape index (κ2) is 8.45. The summed E-state index contributed by atoms with van der Waals surface area (Å²) < 4.78 is 17.7. The van der Waals surface area contributed by atoms with Gasteiger partial charge in [-0.05, 0) is 36.8 Å². The number of carbonyl (C=O) groups is 1. The highest BCUT2D eigenvalue weighted by atomic mass is 79.9. The Kier molecular flexibility index (Phi) is 6.04. The van der Waals surface area contributed by atoms with Crippen molar-refractivity contribution in [2.75, 3.05) is 33.4 Å². The number of amides is 1. The van der Waals surface area contributed by atoms with E-state index in [1.54, 1.807) is 11.9 Å². The number of hydrogen-bond acceptors (Lipinski definition) is 4. The van der Waals surface area contributed by atoms with Gasteiger partial charge in [-0.1, -0.05) is 33.6 Å². The predicted octanol–water partition coefficient (Wildman–Crippen LogP) is 3.61. The van der Waals surface area contributed by atoms with Crippen LogP contribution in [0.5, 0.6) is 17.2 Å². The monoisotopic (exact) mass is 419 g/mol. The van der Waals surface area contributed by atoms with Crippen LogP contribution in [0.25, 0.3) is 0 Å². The number of aryl methyl sites for hydroxylation is 1. The van der Waals surface area contributed by atoms with E-state index >= 15 is 0 Å². The second-order valence-corrected chi connectivity index (χ2v) is 7.10. The van der Waals surface area contributed by atoms with Crippen LogP contribution in [0.1, 0.15) is 11.1 Å². The summed E-state index contributed by atoms with van der Waals surface area (Å²) in [4.78, 5) is 14.2. The number of ether oxygens (including phenoxy) is 3. The molecule has 26 heavy (non-hydrogen) atoms. The number of likely N-dealkylation sites (N-methyl/N-ethyl adjacent to an activating group) is 1. The Hall–Kier alpha value is -2.21. The lowest BCUT2D eigenvalue weighted by Crippen LogP contribution is -2.32. The highest BCUT2D eigenvalue weighted by Gasteiger charge is 2.18. The molecule has 0 aromatic heterocycles. The minimum atomic E-state index is 0.0230. The molecule has 3 rings (SSSR count). The van der Waals surface area contributed by atoms with Crippen LogP contribution in [-0.4, -0.2) is 44.2 Å². The number of halogens is 1. The molecule has 0 spiro atoms. The van der Waals surface area contributed by atoms with Crippen molar-refractivity contribution in [2.24, 2.45) is 0 Å². The molecule has 0 N–H and O–H groups in total. The Bertz CT molecular complexity index is 776. The molecule has 0 fully saturated rings. The molecule has 2 aromatic rings. The molecule has 1 aliphatic heterocycles. The highest BCUT2D eigenvalue weighted by molar-refractivity contribution is 9.10. The average Bonchev–Trinajstić information content (AvgIpc) is 2.63. The van der Waals surface area contributed by atoms with Gasteiger partial charge in [-0.3, -0.25) is 4.79 Å². The number of benzene rings is 2. The molecule has 0 aliphatic carbocycles. The molecule has 1 aliphatic rings. The molecule has 138 valence electrons. The molecule has 0 radical (unpaired) electrons. The zero-order valence-corrected chi connectivity index (χ0v) is 16.5. The first-order chi connectivity index (χ1) is 12.5. The number of fused-ring (bicyclic) bond motifs is 1. The van der Waals surface area contributed by atoms with E-state index in [0.29, 0.717) is 37.9 Å². The smallest absolute Gasteiger partial charge is 0.226 e. The number of hydrogen-bond donors (Lipinski definition) is 0. The van der Waals surface area contributed by atoms with Gasteiger partial charge in [0.25, 0.3) is 0 Å². The Morgan fingerprint density at radius 3 is 2.50 bits per heavy atom. The van der Waals surface area contributed by atoms with Crippen LogP contribution in [0.15, 0.2) is 40.9 Å². The summed E-state index contributed by atoms with van der Waals surface area (Å²) in [5.74, 6) is 2.23. The molecule has 5 nitrogen and oxygen atoms in total. The minimum absolute atomic E-state index is 0.0230. The Morgan fingerprint density at radius 1 is 1.15 bits per heavy atom. The van der Waals surface area contributed by atoms with E-state index in [0.717, 1.165) is 15.8 Å². The zero-order valence-electron chi connectivity index (χ0n) is 15.0. The lowest BCUT2D eigenvalue weighted by atomic mass is 10.1. The largest absolute Gasteiger partial charge is 0.492 e.